The number of phenolic OH excluding ortho intramolecular Hbond substituents is 2. The third kappa shape index (κ3) is 16.4. The fraction of sp³-hybridized carbons (Fsp3) is 0.494. The van der Waals surface area contributed by atoms with Crippen molar-refractivity contribution in [3.63, 3.8) is 0 Å². The Bertz CT molecular complexity index is 4610. The van der Waals surface area contributed by atoms with E-state index >= 15 is 4.79 Å². The summed E-state index contributed by atoms with van der Waals surface area (Å²) in [6.07, 6.45) is -14.7. The number of nitrogens with one attached hydrogen (secondary N) is 2. The molecule has 0 spiro atoms. The first-order valence-corrected chi connectivity index (χ1v) is 40.1. The van der Waals surface area contributed by atoms with Crippen molar-refractivity contribution in [3.05, 3.63) is 170 Å². The lowest BCUT2D eigenvalue weighted by Crippen LogP contribution is -2.82. The normalized spacial score (nSPS) is 30.7. The predicted molar refractivity (Wildman–Crippen MR) is 409 cm³/mol. The van der Waals surface area contributed by atoms with Crippen molar-refractivity contribution in [1.82, 2.24) is 15.1 Å². The lowest BCUT2D eigenvalue weighted by Gasteiger charge is -2.67. The number of ether oxygens (including phenoxy) is 8. The first-order chi connectivity index (χ1) is 54.4. The Hall–Kier alpha value is -8.44. The van der Waals surface area contributed by atoms with Crippen LogP contribution in [0.25, 0.3) is 0 Å². The van der Waals surface area contributed by atoms with Gasteiger partial charge in [-0.1, -0.05) is 92.7 Å². The van der Waals surface area contributed by atoms with E-state index in [4.69, 9.17) is 71.4 Å². The molecule has 13 rings (SSSR count). The molecule has 115 heavy (non-hydrogen) atoms. The number of aliphatic hydroxyl groups excluding tert-OH is 4. The van der Waals surface area contributed by atoms with E-state index in [9.17, 15) is 83.8 Å². The lowest BCUT2D eigenvalue weighted by atomic mass is 9.44. The van der Waals surface area contributed by atoms with Crippen molar-refractivity contribution < 1.29 is 131 Å². The van der Waals surface area contributed by atoms with Gasteiger partial charge >= 0.3 is 31.5 Å². The van der Waals surface area contributed by atoms with Gasteiger partial charge in [0.15, 0.2) is 41.4 Å². The second-order valence-corrected chi connectivity index (χ2v) is 33.4. The number of carbonyl (C=O) groups is 9. The van der Waals surface area contributed by atoms with Crippen molar-refractivity contribution in [2.75, 3.05) is 58.3 Å². The molecule has 5 aromatic carbocycles. The maximum Gasteiger partial charge on any atom is 0.343 e. The zero-order valence-corrected chi connectivity index (χ0v) is 66.8. The summed E-state index contributed by atoms with van der Waals surface area (Å²) in [6.45, 7) is 10.8. The molecular formula is C81H95Cl2N4O27P. The Morgan fingerprint density at radius 3 is 1.98 bits per heavy atom. The van der Waals surface area contributed by atoms with Gasteiger partial charge < -0.3 is 94.3 Å². The zero-order chi connectivity index (χ0) is 83.8. The molecule has 18 atom stereocenters. The van der Waals surface area contributed by atoms with Crippen LogP contribution in [0.3, 0.4) is 0 Å². The van der Waals surface area contributed by atoms with Gasteiger partial charge in [-0.05, 0) is 74.2 Å². The summed E-state index contributed by atoms with van der Waals surface area (Å²) < 4.78 is 66.4. The van der Waals surface area contributed by atoms with Crippen LogP contribution in [0.4, 0.5) is 0 Å². The highest BCUT2D eigenvalue weighted by atomic mass is 35.5. The summed E-state index contributed by atoms with van der Waals surface area (Å²) in [5.74, 6) is -9.77. The molecular weight excluding hydrogens is 1560 g/mol. The molecule has 5 fully saturated rings. The zero-order valence-electron chi connectivity index (χ0n) is 64.4. The summed E-state index contributed by atoms with van der Waals surface area (Å²) >= 11 is 11.2. The van der Waals surface area contributed by atoms with Gasteiger partial charge in [0.2, 0.25) is 5.78 Å². The highest BCUT2D eigenvalue weighted by molar-refractivity contribution is 7.54. The van der Waals surface area contributed by atoms with E-state index in [0.717, 1.165) is 26.8 Å². The first-order valence-electron chi connectivity index (χ1n) is 37.5. The molecule has 3 saturated heterocycles. The smallest absolute Gasteiger partial charge is 0.343 e. The number of fused-ring (bicyclic) bond motifs is 8. The summed E-state index contributed by atoms with van der Waals surface area (Å²) in [7, 11) is -1.52. The van der Waals surface area contributed by atoms with Gasteiger partial charge in [0.25, 0.3) is 5.91 Å². The maximum atomic E-state index is 15.5. The summed E-state index contributed by atoms with van der Waals surface area (Å²) in [4.78, 5) is 123. The Balaban J connectivity index is 0.000000207. The number of esters is 4. The number of alkyl halides is 2. The molecule has 1 amide bonds. The van der Waals surface area contributed by atoms with Gasteiger partial charge in [-0.15, -0.1) is 23.2 Å². The standard InChI is InChI=1S/C47H51NO14.C27H29NO11.C7H15Cl2N2O2P/c1-25-31(60-43(56)36(52)35(28-16-10-7-11-17-28)48-41(54)29-18-12-8-13-19-29)23-47(57)40(61-42(55)30-20-14-9-15-21-30)38-45(6,32(51)22-33-46(38,24-58-33)62-27(3)50)39(53)37(59-26(2)49)34(25)44(47,4)5;1-10-22(31)13(28)6-17(38-10)39-15-8-27(36,16(30)9-29)7-12-19(15)26(35)21-20(24(12)33)23(32)11-4-3-5-14(37-2)18(11)25(21)34;8-2-5-11(6-3-9)14(12)10-4-1-7-13-14/h7-21,31-33,35-38,40,51-52,57H,22-24H2,1-6H3,(H,48,54);3-5,10,13,15,17,22,29,31,33,35-36H,6-9,28H2,1-2H3;1-7H2,(H,10,12)/t31-,32-,33+,35-,36+,37+,38-,40-,45+,46-,47+;10-,13-,15-,17-,22+,27-;/m00./s1. The summed E-state index contributed by atoms with van der Waals surface area (Å²) in [5.41, 5.74) is -4.65. The minimum atomic E-state index is -2.84. The van der Waals surface area contributed by atoms with Crippen molar-refractivity contribution in [2.24, 2.45) is 22.5 Å². The minimum absolute atomic E-state index is 0.00289. The number of phenols is 2. The van der Waals surface area contributed by atoms with Crippen LogP contribution < -0.4 is 20.9 Å². The molecule has 2 bridgehead atoms. The van der Waals surface area contributed by atoms with E-state index in [1.54, 1.807) is 104 Å². The van der Waals surface area contributed by atoms with Crippen molar-refractivity contribution >= 4 is 83.8 Å². The average molecular weight is 1660 g/mol. The van der Waals surface area contributed by atoms with Crippen LogP contribution in [0.5, 0.6) is 17.2 Å². The maximum absolute atomic E-state index is 15.5. The van der Waals surface area contributed by atoms with E-state index in [1.165, 1.54) is 51.3 Å². The number of rotatable bonds is 20. The Kier molecular flexibility index (Phi) is 26.6. The number of nitrogens with zero attached hydrogens (tertiary/aromatic N) is 1. The second kappa shape index (κ2) is 35.0. The number of Topliss-reactive ketones (excluding diaryl/α,β-unsaturated/α-hetero) is 2. The molecule has 1 unspecified atom stereocenters. The number of benzene rings is 5. The van der Waals surface area contributed by atoms with Crippen LogP contribution >= 0.6 is 30.9 Å². The van der Waals surface area contributed by atoms with E-state index in [1.807, 2.05) is 0 Å². The number of aromatic hydroxyl groups is 2. The number of nitrogens with two attached hydrogens (primary N) is 1. The molecule has 0 aromatic heterocycles. The fourth-order valence-electron chi connectivity index (χ4n) is 17.2. The highest BCUT2D eigenvalue weighted by Crippen LogP contribution is 2.65. The van der Waals surface area contributed by atoms with E-state index < -0.39 is 216 Å². The Morgan fingerprint density at radius 2 is 1.42 bits per heavy atom. The van der Waals surface area contributed by atoms with Crippen LogP contribution in [0.1, 0.15) is 162 Å². The molecule has 620 valence electrons. The molecule has 0 radical (unpaired) electrons. The van der Waals surface area contributed by atoms with E-state index in [0.29, 0.717) is 37.0 Å². The van der Waals surface area contributed by atoms with Crippen molar-refractivity contribution in [1.29, 1.82) is 0 Å². The van der Waals surface area contributed by atoms with Gasteiger partial charge in [0.05, 0.1) is 84.4 Å². The third-order valence-electron chi connectivity index (χ3n) is 23.2. The third-order valence-corrected chi connectivity index (χ3v) is 25.9. The van der Waals surface area contributed by atoms with Crippen LogP contribution in [0, 0.1) is 16.7 Å². The molecule has 2 saturated carbocycles. The van der Waals surface area contributed by atoms with Gasteiger partial charge in [0.1, 0.15) is 53.4 Å². The molecule has 8 aliphatic rings. The van der Waals surface area contributed by atoms with Crippen LogP contribution in [-0.2, 0) is 72.6 Å². The van der Waals surface area contributed by atoms with Gasteiger partial charge in [-0.25, -0.2) is 19.3 Å². The van der Waals surface area contributed by atoms with Gasteiger partial charge in [-0.3, -0.25) is 38.1 Å². The van der Waals surface area contributed by atoms with Gasteiger partial charge in [0, 0.05) is 111 Å². The number of amides is 1. The predicted octanol–water partition coefficient (Wildman–Crippen LogP) is 5.62. The number of hydrogen-bond acceptors (Lipinski definition) is 28. The number of aliphatic hydroxyl groups is 6. The Morgan fingerprint density at radius 1 is 0.791 bits per heavy atom. The second-order valence-electron chi connectivity index (χ2n) is 30.5. The SMILES string of the molecule is CC(=O)O[C@H]1C(=O)[C@@]2(C)[C@H]([C@H](OC(=O)c3ccccc3)[C@]3(O)C[C@H](OC(=O)[C@H](O)[C@@H](NC(=O)c4ccccc4)c4ccccc4)C(C)=C1C3(C)C)[C@]1(OC(C)=O)CO[C@@H]1C[C@@H]2O.COc1cccc2c1C(=O)c1c(O)c3c(c(O)c1C2=O)C[C@@](O)(C(=O)CO)C[C@@H]3O[C@H]1C[C@H](N)[C@H](O)[C@H](C)O1.O=P1(N(CCCl)CCCl)NCCCO1. The van der Waals surface area contributed by atoms with Crippen LogP contribution in [-0.4, -0.2) is 235 Å². The number of hydrogen-bond donors (Lipinski definition) is 11. The quantitative estimate of drug-likeness (QED) is 0.0110. The van der Waals surface area contributed by atoms with Gasteiger partial charge in [-0.2, -0.15) is 0 Å². The van der Waals surface area contributed by atoms with Crippen LogP contribution in [0.15, 0.2) is 120 Å². The first kappa shape index (κ1) is 87.4. The largest absolute Gasteiger partial charge is 0.507 e. The number of halogens is 2. The monoisotopic (exact) mass is 1660 g/mol. The fourth-order valence-corrected chi connectivity index (χ4v) is 19.9. The molecule has 12 N–H and O–H groups in total. The molecule has 5 aromatic rings. The summed E-state index contributed by atoms with van der Waals surface area (Å²) in [5, 5.41) is 96.8. The number of carbonyl (C=O) groups excluding carboxylic acids is 9. The topological polar surface area (TPSA) is 469 Å². The summed E-state index contributed by atoms with van der Waals surface area (Å²) in [6, 6.07) is 26.6. The number of ketones is 4. The van der Waals surface area contributed by atoms with E-state index in [2.05, 4.69) is 10.4 Å². The molecule has 3 heterocycles. The molecule has 31 nitrogen and oxygen atoms in total. The molecule has 34 heteroatoms. The van der Waals surface area contributed by atoms with E-state index in [-0.39, 0.29) is 69.7 Å². The van der Waals surface area contributed by atoms with Crippen LogP contribution in [0.2, 0.25) is 0 Å². The average Bonchev–Trinajstić information content (AvgIpc) is 0.659. The Labute approximate surface area is 672 Å². The van der Waals surface area contributed by atoms with Crippen molar-refractivity contribution in [2.45, 2.75) is 177 Å². The number of methoxy groups -OCH3 is 1. The highest BCUT2D eigenvalue weighted by Gasteiger charge is 2.78. The lowest BCUT2D eigenvalue weighted by molar-refractivity contribution is -0.346. The molecule has 3 aliphatic heterocycles. The minimum Gasteiger partial charge on any atom is -0.507 e. The van der Waals surface area contributed by atoms with Crippen molar-refractivity contribution in [3.8, 4) is 17.2 Å². The molecule has 5 aliphatic carbocycles.